The maximum atomic E-state index is 12.1. The van der Waals surface area contributed by atoms with Gasteiger partial charge in [-0.3, -0.25) is 4.98 Å². The largest absolute Gasteiger partial charge is 0.433 e. The molecule has 1 aromatic heterocycles. The van der Waals surface area contributed by atoms with E-state index in [2.05, 4.69) is 4.98 Å². The molecule has 2 nitrogen and oxygen atoms in total. The average Bonchev–Trinajstić information content (AvgIpc) is 2.17. The van der Waals surface area contributed by atoms with Gasteiger partial charge in [0.1, 0.15) is 5.69 Å². The first kappa shape index (κ1) is 12.0. The molecule has 0 unspecified atom stereocenters. The minimum atomic E-state index is -4.39. The van der Waals surface area contributed by atoms with Gasteiger partial charge in [0.25, 0.3) is 0 Å². The number of pyridine rings is 1. The number of alkyl halides is 3. The molecule has 1 rings (SSSR count). The van der Waals surface area contributed by atoms with E-state index in [9.17, 15) is 13.2 Å². The molecule has 0 aliphatic heterocycles. The molecule has 0 aliphatic rings. The van der Waals surface area contributed by atoms with Crippen molar-refractivity contribution in [2.24, 2.45) is 5.92 Å². The zero-order valence-corrected chi connectivity index (χ0v) is 8.25. The molecule has 0 aliphatic carbocycles. The van der Waals surface area contributed by atoms with Gasteiger partial charge in [0.05, 0.1) is 0 Å². The molecule has 1 atom stereocenters. The highest BCUT2D eigenvalue weighted by Crippen LogP contribution is 2.27. The highest BCUT2D eigenvalue weighted by Gasteiger charge is 2.31. The highest BCUT2D eigenvalue weighted by molar-refractivity contribution is 5.16. The molecule has 1 aromatic rings. The second-order valence-electron chi connectivity index (χ2n) is 3.54. The summed E-state index contributed by atoms with van der Waals surface area (Å²) in [7, 11) is 0. The van der Waals surface area contributed by atoms with Crippen molar-refractivity contribution in [2.75, 3.05) is 6.61 Å². The Hall–Kier alpha value is -1.10. The van der Waals surface area contributed by atoms with E-state index in [0.717, 1.165) is 6.07 Å². The van der Waals surface area contributed by atoms with Crippen LogP contribution in [0.3, 0.4) is 0 Å². The van der Waals surface area contributed by atoms with Gasteiger partial charge in [0.2, 0.25) is 0 Å². The fourth-order valence-corrected chi connectivity index (χ4v) is 1.18. The fraction of sp³-hybridized carbons (Fsp3) is 0.500. The summed E-state index contributed by atoms with van der Waals surface area (Å²) < 4.78 is 36.4. The lowest BCUT2D eigenvalue weighted by Gasteiger charge is -2.09. The summed E-state index contributed by atoms with van der Waals surface area (Å²) in [6.07, 6.45) is -2.66. The van der Waals surface area contributed by atoms with Crippen LogP contribution in [0.5, 0.6) is 0 Å². The Labute approximate surface area is 85.8 Å². The molecular weight excluding hydrogens is 207 g/mol. The van der Waals surface area contributed by atoms with Crippen LogP contribution in [0.2, 0.25) is 0 Å². The molecule has 1 heterocycles. The maximum absolute atomic E-state index is 12.1. The average molecular weight is 219 g/mol. The Morgan fingerprint density at radius 1 is 1.40 bits per heavy atom. The second kappa shape index (κ2) is 4.61. The highest BCUT2D eigenvalue weighted by atomic mass is 19.4. The third-order valence-electron chi connectivity index (χ3n) is 2.01. The van der Waals surface area contributed by atoms with Crippen LogP contribution in [-0.4, -0.2) is 16.7 Å². The zero-order valence-electron chi connectivity index (χ0n) is 8.25. The smallest absolute Gasteiger partial charge is 0.396 e. The van der Waals surface area contributed by atoms with E-state index in [4.69, 9.17) is 5.11 Å². The first-order valence-corrected chi connectivity index (χ1v) is 4.56. The van der Waals surface area contributed by atoms with Crippen LogP contribution in [0, 0.1) is 5.92 Å². The lowest BCUT2D eigenvalue weighted by atomic mass is 10.0. The molecule has 0 radical (unpaired) electrons. The molecule has 84 valence electrons. The molecule has 0 saturated heterocycles. The van der Waals surface area contributed by atoms with Gasteiger partial charge in [-0.05, 0) is 24.0 Å². The first-order chi connectivity index (χ1) is 6.93. The van der Waals surface area contributed by atoms with Gasteiger partial charge in [0, 0.05) is 12.8 Å². The predicted molar refractivity (Wildman–Crippen MR) is 49.2 cm³/mol. The SMILES string of the molecule is C[C@@H](CO)Cc1ccc(C(F)(F)F)nc1. The quantitative estimate of drug-likeness (QED) is 0.845. The van der Waals surface area contributed by atoms with Crippen LogP contribution in [0.1, 0.15) is 18.2 Å². The van der Waals surface area contributed by atoms with E-state index < -0.39 is 11.9 Å². The van der Waals surface area contributed by atoms with Crippen molar-refractivity contribution >= 4 is 0 Å². The second-order valence-corrected chi connectivity index (χ2v) is 3.54. The fourth-order valence-electron chi connectivity index (χ4n) is 1.18. The molecule has 0 bridgehead atoms. The van der Waals surface area contributed by atoms with Crippen molar-refractivity contribution in [3.63, 3.8) is 0 Å². The van der Waals surface area contributed by atoms with Crippen LogP contribution in [0.25, 0.3) is 0 Å². The lowest BCUT2D eigenvalue weighted by molar-refractivity contribution is -0.141. The van der Waals surface area contributed by atoms with Gasteiger partial charge in [0.15, 0.2) is 0 Å². The number of rotatable bonds is 3. The number of nitrogens with zero attached hydrogens (tertiary/aromatic N) is 1. The Bertz CT molecular complexity index is 307. The maximum Gasteiger partial charge on any atom is 0.433 e. The van der Waals surface area contributed by atoms with Gasteiger partial charge < -0.3 is 5.11 Å². The van der Waals surface area contributed by atoms with E-state index in [-0.39, 0.29) is 12.5 Å². The first-order valence-electron chi connectivity index (χ1n) is 4.56. The summed E-state index contributed by atoms with van der Waals surface area (Å²) in [6.45, 7) is 1.83. The Morgan fingerprint density at radius 2 is 2.07 bits per heavy atom. The van der Waals surface area contributed by atoms with Gasteiger partial charge in [-0.15, -0.1) is 0 Å². The van der Waals surface area contributed by atoms with Crippen molar-refractivity contribution in [3.05, 3.63) is 29.6 Å². The van der Waals surface area contributed by atoms with Gasteiger partial charge in [-0.2, -0.15) is 13.2 Å². The summed E-state index contributed by atoms with van der Waals surface area (Å²) in [5, 5.41) is 8.78. The topological polar surface area (TPSA) is 33.1 Å². The van der Waals surface area contributed by atoms with E-state index in [1.54, 1.807) is 0 Å². The molecule has 5 heteroatoms. The monoisotopic (exact) mass is 219 g/mol. The Kier molecular flexibility index (Phi) is 3.68. The van der Waals surface area contributed by atoms with E-state index >= 15 is 0 Å². The van der Waals surface area contributed by atoms with E-state index in [1.165, 1.54) is 12.3 Å². The number of aliphatic hydroxyl groups excluding tert-OH is 1. The number of aliphatic hydroxyl groups is 1. The summed E-state index contributed by atoms with van der Waals surface area (Å²) in [5.74, 6) is 0.0311. The van der Waals surface area contributed by atoms with Crippen LogP contribution in [0.4, 0.5) is 13.2 Å². The van der Waals surface area contributed by atoms with Crippen LogP contribution >= 0.6 is 0 Å². The predicted octanol–water partition coefficient (Wildman–Crippen LogP) is 2.27. The molecule has 0 amide bonds. The molecule has 0 fully saturated rings. The van der Waals surface area contributed by atoms with Crippen molar-refractivity contribution in [1.29, 1.82) is 0 Å². The summed E-state index contributed by atoms with van der Waals surface area (Å²) in [6, 6.07) is 2.35. The van der Waals surface area contributed by atoms with E-state index in [1.807, 2.05) is 6.92 Å². The van der Waals surface area contributed by atoms with Crippen LogP contribution in [0.15, 0.2) is 18.3 Å². The summed E-state index contributed by atoms with van der Waals surface area (Å²) in [4.78, 5) is 3.33. The molecule has 0 aromatic carbocycles. The summed E-state index contributed by atoms with van der Waals surface area (Å²) >= 11 is 0. The van der Waals surface area contributed by atoms with Crippen molar-refractivity contribution < 1.29 is 18.3 Å². The third kappa shape index (κ3) is 3.51. The standard InChI is InChI=1S/C10H12F3NO/c1-7(6-15)4-8-2-3-9(14-5-8)10(11,12)13/h2-3,5,7,15H,4,6H2,1H3/t7-/m1/s1. The number of aromatic nitrogens is 1. The molecule has 15 heavy (non-hydrogen) atoms. The Balaban J connectivity index is 2.73. The van der Waals surface area contributed by atoms with Crippen molar-refractivity contribution in [1.82, 2.24) is 4.98 Å². The molecule has 0 spiro atoms. The van der Waals surface area contributed by atoms with Gasteiger partial charge in [-0.1, -0.05) is 13.0 Å². The minimum Gasteiger partial charge on any atom is -0.396 e. The molecule has 0 saturated carbocycles. The number of halogens is 3. The Morgan fingerprint density at radius 3 is 2.47 bits per heavy atom. The van der Waals surface area contributed by atoms with Crippen LogP contribution in [-0.2, 0) is 12.6 Å². The molecular formula is C10H12F3NO. The number of hydrogen-bond acceptors (Lipinski definition) is 2. The van der Waals surface area contributed by atoms with E-state index in [0.29, 0.717) is 12.0 Å². The van der Waals surface area contributed by atoms with Crippen molar-refractivity contribution in [3.8, 4) is 0 Å². The zero-order chi connectivity index (χ0) is 11.5. The lowest BCUT2D eigenvalue weighted by Crippen LogP contribution is -2.09. The van der Waals surface area contributed by atoms with Gasteiger partial charge >= 0.3 is 6.18 Å². The van der Waals surface area contributed by atoms with Crippen LogP contribution < -0.4 is 0 Å². The molecule has 1 N–H and O–H groups in total. The van der Waals surface area contributed by atoms with Crippen molar-refractivity contribution in [2.45, 2.75) is 19.5 Å². The van der Waals surface area contributed by atoms with Gasteiger partial charge in [-0.25, -0.2) is 0 Å². The minimum absolute atomic E-state index is 0.0149. The third-order valence-corrected chi connectivity index (χ3v) is 2.01. The normalized spacial score (nSPS) is 13.9. The number of hydrogen-bond donors (Lipinski definition) is 1. The summed E-state index contributed by atoms with van der Waals surface area (Å²) in [5.41, 5.74) is -0.188.